The van der Waals surface area contributed by atoms with Crippen molar-refractivity contribution in [3.63, 3.8) is 0 Å². The van der Waals surface area contributed by atoms with Crippen molar-refractivity contribution in [3.05, 3.63) is 35.4 Å². The van der Waals surface area contributed by atoms with Gasteiger partial charge in [-0.25, -0.2) is 0 Å². The highest BCUT2D eigenvalue weighted by Gasteiger charge is 2.15. The molecule has 0 aliphatic carbocycles. The molecule has 0 spiro atoms. The highest BCUT2D eigenvalue weighted by molar-refractivity contribution is 5.78. The quantitative estimate of drug-likeness (QED) is 0.547. The standard InChI is InChI=1S/C23H38N2O2/c1-3-5-6-7-8-9-22(4-2)23(26)24-18-20-10-12-21(13-11-20)19-25-14-16-27-17-15-25/h10-13,22H,3-9,14-19H2,1-2H3,(H,24,26). The molecular formula is C23H38N2O2. The molecule has 27 heavy (non-hydrogen) atoms. The van der Waals surface area contributed by atoms with E-state index in [4.69, 9.17) is 4.74 Å². The topological polar surface area (TPSA) is 41.6 Å². The van der Waals surface area contributed by atoms with Crippen molar-refractivity contribution < 1.29 is 9.53 Å². The van der Waals surface area contributed by atoms with Crippen molar-refractivity contribution in [2.75, 3.05) is 26.3 Å². The van der Waals surface area contributed by atoms with E-state index in [1.165, 1.54) is 43.2 Å². The molecule has 1 aliphatic heterocycles. The third-order valence-corrected chi connectivity index (χ3v) is 5.52. The van der Waals surface area contributed by atoms with Gasteiger partial charge in [-0.05, 0) is 24.0 Å². The molecule has 1 unspecified atom stereocenters. The van der Waals surface area contributed by atoms with E-state index in [0.717, 1.165) is 45.7 Å². The zero-order chi connectivity index (χ0) is 19.3. The van der Waals surface area contributed by atoms with Gasteiger partial charge in [0, 0.05) is 32.1 Å². The minimum atomic E-state index is 0.159. The highest BCUT2D eigenvalue weighted by Crippen LogP contribution is 2.15. The van der Waals surface area contributed by atoms with Crippen LogP contribution in [0, 0.1) is 5.92 Å². The molecule has 0 radical (unpaired) electrons. The summed E-state index contributed by atoms with van der Waals surface area (Å²) >= 11 is 0. The highest BCUT2D eigenvalue weighted by atomic mass is 16.5. The van der Waals surface area contributed by atoms with E-state index in [-0.39, 0.29) is 11.8 Å². The van der Waals surface area contributed by atoms with Crippen molar-refractivity contribution in [3.8, 4) is 0 Å². The number of ether oxygens (including phenoxy) is 1. The molecule has 1 atom stereocenters. The summed E-state index contributed by atoms with van der Waals surface area (Å²) in [5.41, 5.74) is 2.50. The van der Waals surface area contributed by atoms with Gasteiger partial charge in [0.25, 0.3) is 0 Å². The largest absolute Gasteiger partial charge is 0.379 e. The molecule has 2 rings (SSSR count). The molecule has 0 saturated carbocycles. The summed E-state index contributed by atoms with van der Waals surface area (Å²) in [5, 5.41) is 3.14. The summed E-state index contributed by atoms with van der Waals surface area (Å²) in [6, 6.07) is 8.65. The Morgan fingerprint density at radius 3 is 2.37 bits per heavy atom. The second-order valence-electron chi connectivity index (χ2n) is 7.73. The summed E-state index contributed by atoms with van der Waals surface area (Å²) in [7, 11) is 0. The van der Waals surface area contributed by atoms with Gasteiger partial charge < -0.3 is 10.1 Å². The van der Waals surface area contributed by atoms with Crippen LogP contribution in [0.4, 0.5) is 0 Å². The Kier molecular flexibility index (Phi) is 10.5. The third kappa shape index (κ3) is 8.44. The summed E-state index contributed by atoms with van der Waals surface area (Å²) in [5.74, 6) is 0.373. The third-order valence-electron chi connectivity index (χ3n) is 5.52. The number of unbranched alkanes of at least 4 members (excludes halogenated alkanes) is 4. The maximum atomic E-state index is 12.5. The van der Waals surface area contributed by atoms with E-state index in [9.17, 15) is 4.79 Å². The van der Waals surface area contributed by atoms with Gasteiger partial charge in [-0.15, -0.1) is 0 Å². The average molecular weight is 375 g/mol. The molecule has 1 aromatic carbocycles. The number of hydrogen-bond acceptors (Lipinski definition) is 3. The van der Waals surface area contributed by atoms with Crippen molar-refractivity contribution in [1.29, 1.82) is 0 Å². The van der Waals surface area contributed by atoms with Gasteiger partial charge in [0.2, 0.25) is 5.91 Å². The Balaban J connectivity index is 1.69. The smallest absolute Gasteiger partial charge is 0.223 e. The van der Waals surface area contributed by atoms with Crippen LogP contribution in [-0.4, -0.2) is 37.1 Å². The molecule has 1 amide bonds. The van der Waals surface area contributed by atoms with Crippen molar-refractivity contribution >= 4 is 5.91 Å². The van der Waals surface area contributed by atoms with E-state index in [1.54, 1.807) is 0 Å². The molecular weight excluding hydrogens is 336 g/mol. The predicted molar refractivity (Wildman–Crippen MR) is 112 cm³/mol. The lowest BCUT2D eigenvalue weighted by atomic mass is 9.97. The van der Waals surface area contributed by atoms with E-state index >= 15 is 0 Å². The van der Waals surface area contributed by atoms with Crippen molar-refractivity contribution in [2.45, 2.75) is 71.9 Å². The maximum Gasteiger partial charge on any atom is 0.223 e. The lowest BCUT2D eigenvalue weighted by molar-refractivity contribution is -0.125. The van der Waals surface area contributed by atoms with Gasteiger partial charge in [0.05, 0.1) is 13.2 Å². The second-order valence-corrected chi connectivity index (χ2v) is 7.73. The molecule has 1 aromatic rings. The van der Waals surface area contributed by atoms with Crippen molar-refractivity contribution in [2.24, 2.45) is 5.92 Å². The number of nitrogens with one attached hydrogen (secondary N) is 1. The molecule has 4 heteroatoms. The number of nitrogens with zero attached hydrogens (tertiary/aromatic N) is 1. The lowest BCUT2D eigenvalue weighted by Gasteiger charge is -2.26. The number of rotatable bonds is 12. The van der Waals surface area contributed by atoms with Crippen LogP contribution in [-0.2, 0) is 22.6 Å². The first kappa shape index (κ1) is 21.9. The molecule has 0 aromatic heterocycles. The Morgan fingerprint density at radius 2 is 1.70 bits per heavy atom. The SMILES string of the molecule is CCCCCCCC(CC)C(=O)NCc1ccc(CN2CCOCC2)cc1. The first-order valence-corrected chi connectivity index (χ1v) is 10.9. The van der Waals surface area contributed by atoms with Gasteiger partial charge in [0.1, 0.15) is 0 Å². The summed E-state index contributed by atoms with van der Waals surface area (Å²) in [4.78, 5) is 14.9. The Hall–Kier alpha value is -1.39. The van der Waals surface area contributed by atoms with Gasteiger partial charge in [-0.1, -0.05) is 70.2 Å². The molecule has 1 heterocycles. The number of carbonyl (C=O) groups is 1. The fraction of sp³-hybridized carbons (Fsp3) is 0.696. The Bertz CT molecular complexity index is 524. The van der Waals surface area contributed by atoms with Crippen LogP contribution in [0.25, 0.3) is 0 Å². The summed E-state index contributed by atoms with van der Waals surface area (Å²) in [6.07, 6.45) is 8.24. The van der Waals surface area contributed by atoms with Gasteiger partial charge in [-0.3, -0.25) is 9.69 Å². The zero-order valence-corrected chi connectivity index (χ0v) is 17.3. The summed E-state index contributed by atoms with van der Waals surface area (Å²) < 4.78 is 5.40. The van der Waals surface area contributed by atoms with Crippen molar-refractivity contribution in [1.82, 2.24) is 10.2 Å². The van der Waals surface area contributed by atoms with Gasteiger partial charge in [0.15, 0.2) is 0 Å². The predicted octanol–water partition coefficient (Wildman–Crippen LogP) is 4.52. The molecule has 0 bridgehead atoms. The van der Waals surface area contributed by atoms with E-state index in [2.05, 4.69) is 48.3 Å². The lowest BCUT2D eigenvalue weighted by Crippen LogP contribution is -2.35. The number of carbonyl (C=O) groups excluding carboxylic acids is 1. The minimum absolute atomic E-state index is 0.159. The Morgan fingerprint density at radius 1 is 1.04 bits per heavy atom. The number of benzene rings is 1. The van der Waals surface area contributed by atoms with Crippen LogP contribution in [0.3, 0.4) is 0 Å². The Labute approximate surface area is 165 Å². The molecule has 1 N–H and O–H groups in total. The molecule has 152 valence electrons. The fourth-order valence-corrected chi connectivity index (χ4v) is 3.63. The fourth-order valence-electron chi connectivity index (χ4n) is 3.63. The van der Waals surface area contributed by atoms with E-state index < -0.39 is 0 Å². The van der Waals surface area contributed by atoms with E-state index in [0.29, 0.717) is 6.54 Å². The molecule has 1 saturated heterocycles. The van der Waals surface area contributed by atoms with Crippen LogP contribution in [0.1, 0.15) is 69.9 Å². The van der Waals surface area contributed by atoms with E-state index in [1.807, 2.05) is 0 Å². The molecule has 1 fully saturated rings. The first-order valence-electron chi connectivity index (χ1n) is 10.9. The van der Waals surface area contributed by atoms with Crippen LogP contribution in [0.15, 0.2) is 24.3 Å². The van der Waals surface area contributed by atoms with Gasteiger partial charge >= 0.3 is 0 Å². The normalized spacial score (nSPS) is 16.2. The second kappa shape index (κ2) is 12.9. The first-order chi connectivity index (χ1) is 13.2. The minimum Gasteiger partial charge on any atom is -0.379 e. The number of morpholine rings is 1. The van der Waals surface area contributed by atoms with Crippen LogP contribution < -0.4 is 5.32 Å². The van der Waals surface area contributed by atoms with Crippen LogP contribution >= 0.6 is 0 Å². The average Bonchev–Trinajstić information content (AvgIpc) is 2.71. The maximum absolute atomic E-state index is 12.5. The zero-order valence-electron chi connectivity index (χ0n) is 17.3. The molecule has 1 aliphatic rings. The summed E-state index contributed by atoms with van der Waals surface area (Å²) in [6.45, 7) is 9.65. The van der Waals surface area contributed by atoms with Crippen LogP contribution in [0.5, 0.6) is 0 Å². The van der Waals surface area contributed by atoms with Crippen LogP contribution in [0.2, 0.25) is 0 Å². The monoisotopic (exact) mass is 374 g/mol. The number of hydrogen-bond donors (Lipinski definition) is 1. The number of amides is 1. The molecule has 4 nitrogen and oxygen atoms in total. The van der Waals surface area contributed by atoms with Gasteiger partial charge in [-0.2, -0.15) is 0 Å².